The van der Waals surface area contributed by atoms with Gasteiger partial charge >= 0.3 is 6.03 Å². The fraction of sp³-hybridized carbons (Fsp3) is 0.318. The van der Waals surface area contributed by atoms with Crippen molar-refractivity contribution < 1.29 is 9.90 Å². The zero-order chi connectivity index (χ0) is 21.4. The lowest BCUT2D eigenvalue weighted by Gasteiger charge is -2.26. The fourth-order valence-corrected chi connectivity index (χ4v) is 3.92. The number of carbonyl (C=O) groups is 1. The topological polar surface area (TPSA) is 83.3 Å². The molecule has 8 heteroatoms. The first-order valence-electron chi connectivity index (χ1n) is 9.86. The van der Waals surface area contributed by atoms with E-state index in [0.717, 1.165) is 28.1 Å². The van der Waals surface area contributed by atoms with E-state index < -0.39 is 6.04 Å². The molecule has 0 spiro atoms. The Balaban J connectivity index is 1.62. The number of aliphatic hydroxyl groups excluding tert-OH is 1. The lowest BCUT2D eigenvalue weighted by atomic mass is 10.1. The summed E-state index contributed by atoms with van der Waals surface area (Å²) in [6.07, 6.45) is 3.59. The Labute approximate surface area is 180 Å². The van der Waals surface area contributed by atoms with Crippen molar-refractivity contribution in [3.05, 3.63) is 64.6 Å². The molecule has 1 aromatic carbocycles. The van der Waals surface area contributed by atoms with Crippen LogP contribution in [-0.4, -0.2) is 43.2 Å². The molecule has 1 aliphatic rings. The Bertz CT molecular complexity index is 1090. The number of halogens is 1. The average molecular weight is 426 g/mol. The smallest absolute Gasteiger partial charge is 0.329 e. The van der Waals surface area contributed by atoms with Crippen LogP contribution in [0.4, 0.5) is 10.7 Å². The molecule has 0 radical (unpaired) electrons. The van der Waals surface area contributed by atoms with Crippen molar-refractivity contribution >= 4 is 23.6 Å². The van der Waals surface area contributed by atoms with E-state index in [1.807, 2.05) is 39.0 Å². The molecular weight excluding hydrogens is 402 g/mol. The number of rotatable bonds is 6. The summed E-state index contributed by atoms with van der Waals surface area (Å²) < 4.78 is 1.62. The minimum atomic E-state index is -0.456. The van der Waals surface area contributed by atoms with Gasteiger partial charge < -0.3 is 15.3 Å². The van der Waals surface area contributed by atoms with E-state index in [0.29, 0.717) is 17.5 Å². The monoisotopic (exact) mass is 425 g/mol. The molecule has 0 saturated carbocycles. The SMILES string of the molecule is Cc1cnc(NC(C)C)nc1-c1cc2n(c1)C(=O)N([C@H](CO)c1cccc(Cl)c1)C2. The number of hydrogen-bond acceptors (Lipinski definition) is 5. The maximum atomic E-state index is 13.1. The average Bonchev–Trinajstić information content (AvgIpc) is 3.24. The summed E-state index contributed by atoms with van der Waals surface area (Å²) in [4.78, 5) is 23.7. The van der Waals surface area contributed by atoms with Gasteiger partial charge in [0.15, 0.2) is 0 Å². The van der Waals surface area contributed by atoms with E-state index in [-0.39, 0.29) is 18.7 Å². The summed E-state index contributed by atoms with van der Waals surface area (Å²) in [5.41, 5.74) is 4.26. The quantitative estimate of drug-likeness (QED) is 0.617. The van der Waals surface area contributed by atoms with E-state index >= 15 is 0 Å². The van der Waals surface area contributed by atoms with Crippen LogP contribution in [0.3, 0.4) is 0 Å². The van der Waals surface area contributed by atoms with Crippen LogP contribution in [0.2, 0.25) is 5.02 Å². The van der Waals surface area contributed by atoms with Crippen LogP contribution in [0.25, 0.3) is 11.3 Å². The molecule has 0 bridgehead atoms. The summed E-state index contributed by atoms with van der Waals surface area (Å²) in [5.74, 6) is 0.561. The minimum Gasteiger partial charge on any atom is -0.394 e. The van der Waals surface area contributed by atoms with Crippen LogP contribution in [-0.2, 0) is 6.54 Å². The first kappa shape index (κ1) is 20.4. The highest BCUT2D eigenvalue weighted by Crippen LogP contribution is 2.33. The highest BCUT2D eigenvalue weighted by atomic mass is 35.5. The van der Waals surface area contributed by atoms with Gasteiger partial charge in [-0.1, -0.05) is 23.7 Å². The minimum absolute atomic E-state index is 0.178. The Morgan fingerprint density at radius 2 is 2.10 bits per heavy atom. The molecule has 1 aliphatic heterocycles. The molecule has 0 saturated heterocycles. The van der Waals surface area contributed by atoms with Crippen LogP contribution in [0.15, 0.2) is 42.7 Å². The van der Waals surface area contributed by atoms with Gasteiger partial charge in [-0.2, -0.15) is 0 Å². The van der Waals surface area contributed by atoms with Gasteiger partial charge in [0.25, 0.3) is 0 Å². The number of carbonyl (C=O) groups excluding carboxylic acids is 1. The van der Waals surface area contributed by atoms with Crippen molar-refractivity contribution in [2.75, 3.05) is 11.9 Å². The van der Waals surface area contributed by atoms with Crippen molar-refractivity contribution in [3.8, 4) is 11.3 Å². The lowest BCUT2D eigenvalue weighted by molar-refractivity contribution is 0.141. The van der Waals surface area contributed by atoms with Gasteiger partial charge in [0.2, 0.25) is 5.95 Å². The van der Waals surface area contributed by atoms with Crippen molar-refractivity contribution in [3.63, 3.8) is 0 Å². The number of anilines is 1. The predicted molar refractivity (Wildman–Crippen MR) is 117 cm³/mol. The summed E-state index contributed by atoms with van der Waals surface area (Å²) in [6.45, 7) is 6.23. The van der Waals surface area contributed by atoms with Crippen LogP contribution in [0.5, 0.6) is 0 Å². The summed E-state index contributed by atoms with van der Waals surface area (Å²) in [7, 11) is 0. The normalized spacial score (nSPS) is 14.3. The summed E-state index contributed by atoms with van der Waals surface area (Å²) in [6, 6.07) is 8.79. The molecule has 0 unspecified atom stereocenters. The van der Waals surface area contributed by atoms with Crippen LogP contribution < -0.4 is 5.32 Å². The molecule has 0 aliphatic carbocycles. The van der Waals surface area contributed by atoms with E-state index in [1.54, 1.807) is 34.0 Å². The molecule has 7 nitrogen and oxygen atoms in total. The van der Waals surface area contributed by atoms with E-state index in [4.69, 9.17) is 11.6 Å². The van der Waals surface area contributed by atoms with E-state index in [9.17, 15) is 9.90 Å². The second-order valence-corrected chi connectivity index (χ2v) is 8.21. The van der Waals surface area contributed by atoms with Crippen molar-refractivity contribution in [2.45, 2.75) is 39.4 Å². The highest BCUT2D eigenvalue weighted by Gasteiger charge is 2.34. The van der Waals surface area contributed by atoms with Gasteiger partial charge in [0.05, 0.1) is 24.9 Å². The maximum Gasteiger partial charge on any atom is 0.329 e. The molecule has 30 heavy (non-hydrogen) atoms. The zero-order valence-electron chi connectivity index (χ0n) is 17.1. The Morgan fingerprint density at radius 1 is 1.30 bits per heavy atom. The van der Waals surface area contributed by atoms with Crippen LogP contribution >= 0.6 is 11.6 Å². The molecular formula is C22H24ClN5O2. The van der Waals surface area contributed by atoms with Gasteiger partial charge in [0, 0.05) is 34.7 Å². The van der Waals surface area contributed by atoms with Gasteiger partial charge in [-0.25, -0.2) is 14.8 Å². The second kappa shape index (κ2) is 8.08. The van der Waals surface area contributed by atoms with Crippen LogP contribution in [0, 0.1) is 6.92 Å². The number of aromatic nitrogens is 3. The fourth-order valence-electron chi connectivity index (χ4n) is 3.72. The molecule has 1 amide bonds. The Kier molecular flexibility index (Phi) is 5.49. The van der Waals surface area contributed by atoms with Crippen molar-refractivity contribution in [1.29, 1.82) is 0 Å². The number of hydrogen-bond donors (Lipinski definition) is 2. The number of fused-ring (bicyclic) bond motifs is 1. The van der Waals surface area contributed by atoms with E-state index in [1.165, 1.54) is 0 Å². The Morgan fingerprint density at radius 3 is 2.77 bits per heavy atom. The summed E-state index contributed by atoms with van der Waals surface area (Å²) in [5, 5.41) is 13.7. The molecule has 156 valence electrons. The largest absolute Gasteiger partial charge is 0.394 e. The second-order valence-electron chi connectivity index (χ2n) is 7.78. The molecule has 3 aromatic rings. The number of nitrogens with one attached hydrogen (secondary N) is 1. The molecule has 2 aromatic heterocycles. The number of aryl methyl sites for hydroxylation is 1. The number of amides is 1. The highest BCUT2D eigenvalue weighted by molar-refractivity contribution is 6.30. The number of nitrogens with zero attached hydrogens (tertiary/aromatic N) is 4. The van der Waals surface area contributed by atoms with Crippen LogP contribution in [0.1, 0.15) is 36.7 Å². The standard InChI is InChI=1S/C22H24ClN5O2/c1-13(2)25-21-24-9-14(3)20(26-21)16-8-18-11-28(22(30)27(18)10-16)19(12-29)15-5-4-6-17(23)7-15/h4-10,13,19,29H,11-12H2,1-3H3,(H,24,25,26)/t19-/m1/s1. The molecule has 0 fully saturated rings. The lowest BCUT2D eigenvalue weighted by Crippen LogP contribution is -2.32. The first-order valence-corrected chi connectivity index (χ1v) is 10.2. The maximum absolute atomic E-state index is 13.1. The zero-order valence-corrected chi connectivity index (χ0v) is 17.9. The van der Waals surface area contributed by atoms with Gasteiger partial charge in [-0.15, -0.1) is 0 Å². The van der Waals surface area contributed by atoms with Gasteiger partial charge in [0.1, 0.15) is 0 Å². The third-order valence-corrected chi connectivity index (χ3v) is 5.36. The third kappa shape index (κ3) is 3.78. The molecule has 2 N–H and O–H groups in total. The number of aliphatic hydroxyl groups is 1. The molecule has 3 heterocycles. The van der Waals surface area contributed by atoms with Gasteiger partial charge in [-0.05, 0) is 50.1 Å². The first-order chi connectivity index (χ1) is 14.4. The molecule has 4 rings (SSSR count). The summed E-state index contributed by atoms with van der Waals surface area (Å²) >= 11 is 6.10. The van der Waals surface area contributed by atoms with E-state index in [2.05, 4.69) is 15.3 Å². The van der Waals surface area contributed by atoms with Gasteiger partial charge in [-0.3, -0.25) is 4.57 Å². The molecule has 1 atom stereocenters. The number of benzene rings is 1. The van der Waals surface area contributed by atoms with Crippen molar-refractivity contribution in [2.24, 2.45) is 0 Å². The van der Waals surface area contributed by atoms with Crippen molar-refractivity contribution in [1.82, 2.24) is 19.4 Å². The third-order valence-electron chi connectivity index (χ3n) is 5.13. The Hall–Kier alpha value is -2.90. The predicted octanol–water partition coefficient (Wildman–Crippen LogP) is 4.24.